The van der Waals surface area contributed by atoms with Gasteiger partial charge < -0.3 is 4.74 Å². The van der Waals surface area contributed by atoms with Gasteiger partial charge in [-0.25, -0.2) is 0 Å². The smallest absolute Gasteiger partial charge is 0.308 e. The van der Waals surface area contributed by atoms with Crippen LogP contribution < -0.4 is 0 Å². The van der Waals surface area contributed by atoms with Crippen molar-refractivity contribution in [3.05, 3.63) is 0 Å². The average molecular weight is 214 g/mol. The molecule has 0 saturated carbocycles. The van der Waals surface area contributed by atoms with Gasteiger partial charge in [0.25, 0.3) is 0 Å². The van der Waals surface area contributed by atoms with Crippen molar-refractivity contribution in [2.75, 3.05) is 6.61 Å². The molecule has 1 atom stereocenters. The van der Waals surface area contributed by atoms with Crippen LogP contribution in [-0.4, -0.2) is 12.6 Å². The van der Waals surface area contributed by atoms with E-state index in [1.165, 1.54) is 32.1 Å². The summed E-state index contributed by atoms with van der Waals surface area (Å²) in [5.74, 6) is 0.0437. The first-order valence-electron chi connectivity index (χ1n) is 6.39. The summed E-state index contributed by atoms with van der Waals surface area (Å²) in [6.07, 6.45) is 8.67. The fraction of sp³-hybridized carbons (Fsp3) is 0.923. The predicted molar refractivity (Wildman–Crippen MR) is 63.8 cm³/mol. The maximum atomic E-state index is 11.3. The highest BCUT2D eigenvalue weighted by Crippen LogP contribution is 2.13. The Morgan fingerprint density at radius 3 is 2.27 bits per heavy atom. The van der Waals surface area contributed by atoms with Crippen LogP contribution in [0.3, 0.4) is 0 Å². The van der Waals surface area contributed by atoms with Gasteiger partial charge in [-0.3, -0.25) is 4.79 Å². The molecule has 0 aliphatic carbocycles. The lowest BCUT2D eigenvalue weighted by atomic mass is 10.0. The third kappa shape index (κ3) is 8.46. The van der Waals surface area contributed by atoms with E-state index in [4.69, 9.17) is 4.74 Å². The SMILES string of the molecule is CCCCCCCC[C@@H](C)C(=O)OCC. The van der Waals surface area contributed by atoms with Gasteiger partial charge in [-0.2, -0.15) is 0 Å². The molecule has 0 amide bonds. The monoisotopic (exact) mass is 214 g/mol. The molecule has 0 aliphatic heterocycles. The van der Waals surface area contributed by atoms with E-state index < -0.39 is 0 Å². The Hall–Kier alpha value is -0.530. The Kier molecular flexibility index (Phi) is 9.65. The van der Waals surface area contributed by atoms with Gasteiger partial charge in [0, 0.05) is 0 Å². The minimum Gasteiger partial charge on any atom is -0.466 e. The Labute approximate surface area is 94.4 Å². The van der Waals surface area contributed by atoms with E-state index in [9.17, 15) is 4.79 Å². The van der Waals surface area contributed by atoms with Gasteiger partial charge >= 0.3 is 5.97 Å². The van der Waals surface area contributed by atoms with Crippen LogP contribution in [0.15, 0.2) is 0 Å². The Bertz CT molecular complexity index is 155. The standard InChI is InChI=1S/C13H26O2/c1-4-6-7-8-9-10-11-12(3)13(14)15-5-2/h12H,4-11H2,1-3H3/t12-/m1/s1. The molecule has 90 valence electrons. The first-order chi connectivity index (χ1) is 7.22. The van der Waals surface area contributed by atoms with Gasteiger partial charge in [-0.15, -0.1) is 0 Å². The van der Waals surface area contributed by atoms with Crippen molar-refractivity contribution in [1.82, 2.24) is 0 Å². The number of hydrogen-bond acceptors (Lipinski definition) is 2. The topological polar surface area (TPSA) is 26.3 Å². The lowest BCUT2D eigenvalue weighted by Crippen LogP contribution is -2.14. The molecule has 0 rings (SSSR count). The number of carbonyl (C=O) groups excluding carboxylic acids is 1. The Morgan fingerprint density at radius 1 is 1.07 bits per heavy atom. The fourth-order valence-corrected chi connectivity index (χ4v) is 1.63. The number of hydrogen-bond donors (Lipinski definition) is 0. The highest BCUT2D eigenvalue weighted by molar-refractivity contribution is 5.71. The lowest BCUT2D eigenvalue weighted by molar-refractivity contribution is -0.147. The summed E-state index contributed by atoms with van der Waals surface area (Å²) < 4.78 is 4.96. The van der Waals surface area contributed by atoms with E-state index in [-0.39, 0.29) is 11.9 Å². The molecule has 0 bridgehead atoms. The van der Waals surface area contributed by atoms with Crippen molar-refractivity contribution in [2.45, 2.75) is 65.7 Å². The van der Waals surface area contributed by atoms with Gasteiger partial charge in [-0.05, 0) is 13.3 Å². The molecular formula is C13H26O2. The van der Waals surface area contributed by atoms with Crippen LogP contribution in [0.25, 0.3) is 0 Å². The number of carbonyl (C=O) groups is 1. The normalized spacial score (nSPS) is 12.5. The molecule has 0 fully saturated rings. The lowest BCUT2D eigenvalue weighted by Gasteiger charge is -2.09. The van der Waals surface area contributed by atoms with Crippen LogP contribution in [0.1, 0.15) is 65.7 Å². The molecule has 0 aromatic heterocycles. The van der Waals surface area contributed by atoms with Crippen molar-refractivity contribution in [3.8, 4) is 0 Å². The van der Waals surface area contributed by atoms with E-state index in [1.54, 1.807) is 0 Å². The zero-order valence-corrected chi connectivity index (χ0v) is 10.6. The summed E-state index contributed by atoms with van der Waals surface area (Å²) in [6, 6.07) is 0. The zero-order chi connectivity index (χ0) is 11.5. The summed E-state index contributed by atoms with van der Waals surface area (Å²) in [4.78, 5) is 11.3. The highest BCUT2D eigenvalue weighted by Gasteiger charge is 2.12. The largest absolute Gasteiger partial charge is 0.466 e. The molecule has 0 radical (unpaired) electrons. The second kappa shape index (κ2) is 10.0. The quantitative estimate of drug-likeness (QED) is 0.429. The first kappa shape index (κ1) is 14.5. The number of unbranched alkanes of at least 4 members (excludes halogenated alkanes) is 5. The molecule has 0 saturated heterocycles. The van der Waals surface area contributed by atoms with Crippen LogP contribution >= 0.6 is 0 Å². The summed E-state index contributed by atoms with van der Waals surface area (Å²) >= 11 is 0. The van der Waals surface area contributed by atoms with Crippen LogP contribution in [-0.2, 0) is 9.53 Å². The van der Waals surface area contributed by atoms with E-state index in [0.29, 0.717) is 6.61 Å². The van der Waals surface area contributed by atoms with E-state index in [0.717, 1.165) is 12.8 Å². The van der Waals surface area contributed by atoms with Crippen LogP contribution in [0.4, 0.5) is 0 Å². The molecule has 0 aromatic carbocycles. The molecule has 0 aliphatic rings. The van der Waals surface area contributed by atoms with Crippen LogP contribution in [0.5, 0.6) is 0 Å². The van der Waals surface area contributed by atoms with Crippen LogP contribution in [0.2, 0.25) is 0 Å². The predicted octanol–water partition coefficient (Wildman–Crippen LogP) is 3.94. The maximum absolute atomic E-state index is 11.3. The Morgan fingerprint density at radius 2 is 1.67 bits per heavy atom. The molecule has 0 heterocycles. The zero-order valence-electron chi connectivity index (χ0n) is 10.6. The van der Waals surface area contributed by atoms with E-state index in [1.807, 2.05) is 13.8 Å². The fourth-order valence-electron chi connectivity index (χ4n) is 1.63. The average Bonchev–Trinajstić information content (AvgIpc) is 2.23. The highest BCUT2D eigenvalue weighted by atomic mass is 16.5. The summed E-state index contributed by atoms with van der Waals surface area (Å²) in [5, 5.41) is 0. The summed E-state index contributed by atoms with van der Waals surface area (Å²) in [7, 11) is 0. The minimum absolute atomic E-state index is 0.0361. The first-order valence-corrected chi connectivity index (χ1v) is 6.39. The van der Waals surface area contributed by atoms with E-state index in [2.05, 4.69) is 6.92 Å². The van der Waals surface area contributed by atoms with Gasteiger partial charge in [0.2, 0.25) is 0 Å². The molecule has 0 N–H and O–H groups in total. The van der Waals surface area contributed by atoms with Crippen molar-refractivity contribution >= 4 is 5.97 Å². The van der Waals surface area contributed by atoms with E-state index >= 15 is 0 Å². The molecular weight excluding hydrogens is 188 g/mol. The van der Waals surface area contributed by atoms with Crippen molar-refractivity contribution in [1.29, 1.82) is 0 Å². The molecule has 2 heteroatoms. The number of ether oxygens (including phenoxy) is 1. The van der Waals surface area contributed by atoms with Gasteiger partial charge in [0.1, 0.15) is 0 Å². The summed E-state index contributed by atoms with van der Waals surface area (Å²) in [5.41, 5.74) is 0. The number of esters is 1. The maximum Gasteiger partial charge on any atom is 0.308 e. The van der Waals surface area contributed by atoms with Gasteiger partial charge in [0.05, 0.1) is 12.5 Å². The van der Waals surface area contributed by atoms with Crippen molar-refractivity contribution in [3.63, 3.8) is 0 Å². The minimum atomic E-state index is -0.0361. The third-order valence-electron chi connectivity index (χ3n) is 2.68. The van der Waals surface area contributed by atoms with Crippen molar-refractivity contribution in [2.24, 2.45) is 5.92 Å². The third-order valence-corrected chi connectivity index (χ3v) is 2.68. The second-order valence-electron chi connectivity index (χ2n) is 4.21. The second-order valence-corrected chi connectivity index (χ2v) is 4.21. The van der Waals surface area contributed by atoms with Gasteiger partial charge in [-0.1, -0.05) is 52.4 Å². The Balaban J connectivity index is 3.30. The molecule has 15 heavy (non-hydrogen) atoms. The summed E-state index contributed by atoms with van der Waals surface area (Å²) in [6.45, 7) is 6.54. The van der Waals surface area contributed by atoms with Gasteiger partial charge in [0.15, 0.2) is 0 Å². The molecule has 0 aromatic rings. The van der Waals surface area contributed by atoms with Crippen molar-refractivity contribution < 1.29 is 9.53 Å². The molecule has 2 nitrogen and oxygen atoms in total. The number of rotatable bonds is 9. The molecule has 0 unspecified atom stereocenters. The van der Waals surface area contributed by atoms with Crippen LogP contribution in [0, 0.1) is 5.92 Å². The molecule has 0 spiro atoms.